The zero-order chi connectivity index (χ0) is 12.1. The summed E-state index contributed by atoms with van der Waals surface area (Å²) in [6.07, 6.45) is 2.11. The first-order valence-electron chi connectivity index (χ1n) is 5.41. The SMILES string of the molecule is NCCNc1cnoc1Cc1cccc(F)c1. The maximum Gasteiger partial charge on any atom is 0.164 e. The van der Waals surface area contributed by atoms with E-state index in [1.807, 2.05) is 6.07 Å². The van der Waals surface area contributed by atoms with Crippen molar-refractivity contribution < 1.29 is 8.91 Å². The van der Waals surface area contributed by atoms with Crippen molar-refractivity contribution in [1.29, 1.82) is 0 Å². The van der Waals surface area contributed by atoms with Crippen LogP contribution in [-0.2, 0) is 6.42 Å². The van der Waals surface area contributed by atoms with Crippen molar-refractivity contribution in [3.63, 3.8) is 0 Å². The van der Waals surface area contributed by atoms with E-state index in [2.05, 4.69) is 10.5 Å². The summed E-state index contributed by atoms with van der Waals surface area (Å²) in [4.78, 5) is 0. The number of anilines is 1. The predicted molar refractivity (Wildman–Crippen MR) is 63.3 cm³/mol. The van der Waals surface area contributed by atoms with Gasteiger partial charge in [0.05, 0.1) is 11.9 Å². The van der Waals surface area contributed by atoms with E-state index in [4.69, 9.17) is 10.3 Å². The van der Waals surface area contributed by atoms with Gasteiger partial charge in [-0.1, -0.05) is 17.3 Å². The Bertz CT molecular complexity index is 484. The minimum absolute atomic E-state index is 0.251. The summed E-state index contributed by atoms with van der Waals surface area (Å²) in [7, 11) is 0. The van der Waals surface area contributed by atoms with Crippen LogP contribution in [0.15, 0.2) is 35.0 Å². The van der Waals surface area contributed by atoms with E-state index in [9.17, 15) is 4.39 Å². The standard InChI is InChI=1S/C12H14FN3O/c13-10-3-1-2-9(6-10)7-12-11(8-16-17-12)15-5-4-14/h1-3,6,8,15H,4-5,7,14H2. The van der Waals surface area contributed by atoms with Crippen molar-refractivity contribution >= 4 is 5.69 Å². The molecule has 5 heteroatoms. The van der Waals surface area contributed by atoms with E-state index >= 15 is 0 Å². The van der Waals surface area contributed by atoms with E-state index in [1.54, 1.807) is 12.3 Å². The zero-order valence-corrected chi connectivity index (χ0v) is 9.32. The first-order chi connectivity index (χ1) is 8.29. The zero-order valence-electron chi connectivity index (χ0n) is 9.32. The molecular formula is C12H14FN3O. The van der Waals surface area contributed by atoms with Gasteiger partial charge in [-0.15, -0.1) is 0 Å². The number of nitrogens with zero attached hydrogens (tertiary/aromatic N) is 1. The molecule has 1 heterocycles. The third-order valence-electron chi connectivity index (χ3n) is 2.36. The molecule has 0 amide bonds. The maximum atomic E-state index is 13.0. The molecule has 0 radical (unpaired) electrons. The van der Waals surface area contributed by atoms with Crippen LogP contribution in [0.2, 0.25) is 0 Å². The molecule has 0 atom stereocenters. The first-order valence-corrected chi connectivity index (χ1v) is 5.41. The summed E-state index contributed by atoms with van der Waals surface area (Å²) >= 11 is 0. The normalized spacial score (nSPS) is 10.5. The van der Waals surface area contributed by atoms with Gasteiger partial charge in [-0.05, 0) is 17.7 Å². The van der Waals surface area contributed by atoms with Crippen molar-refractivity contribution in [3.05, 3.63) is 47.6 Å². The number of halogens is 1. The number of rotatable bonds is 5. The van der Waals surface area contributed by atoms with Gasteiger partial charge in [0.25, 0.3) is 0 Å². The maximum absolute atomic E-state index is 13.0. The number of nitrogens with one attached hydrogen (secondary N) is 1. The Morgan fingerprint density at radius 2 is 2.29 bits per heavy atom. The average Bonchev–Trinajstić information content (AvgIpc) is 2.74. The fourth-order valence-electron chi connectivity index (χ4n) is 1.57. The van der Waals surface area contributed by atoms with E-state index in [1.165, 1.54) is 12.1 Å². The second kappa shape index (κ2) is 5.45. The third-order valence-corrected chi connectivity index (χ3v) is 2.36. The van der Waals surface area contributed by atoms with Crippen molar-refractivity contribution in [3.8, 4) is 0 Å². The molecule has 3 N–H and O–H groups in total. The van der Waals surface area contributed by atoms with Crippen LogP contribution >= 0.6 is 0 Å². The molecule has 1 aromatic heterocycles. The average molecular weight is 235 g/mol. The van der Waals surface area contributed by atoms with Crippen LogP contribution in [0.3, 0.4) is 0 Å². The molecule has 0 saturated heterocycles. The third kappa shape index (κ3) is 3.04. The summed E-state index contributed by atoms with van der Waals surface area (Å²) in [5, 5.41) is 6.82. The molecule has 0 spiro atoms. The molecule has 0 fully saturated rings. The van der Waals surface area contributed by atoms with Crippen molar-refractivity contribution in [2.75, 3.05) is 18.4 Å². The van der Waals surface area contributed by atoms with Crippen LogP contribution in [-0.4, -0.2) is 18.2 Å². The molecule has 0 aliphatic heterocycles. The highest BCUT2D eigenvalue weighted by Crippen LogP contribution is 2.18. The second-order valence-electron chi connectivity index (χ2n) is 3.68. The van der Waals surface area contributed by atoms with E-state index in [0.29, 0.717) is 25.3 Å². The highest BCUT2D eigenvalue weighted by atomic mass is 19.1. The molecule has 0 bridgehead atoms. The number of hydrogen-bond acceptors (Lipinski definition) is 4. The summed E-state index contributed by atoms with van der Waals surface area (Å²) in [6, 6.07) is 6.42. The van der Waals surface area contributed by atoms with Gasteiger partial charge in [0.15, 0.2) is 5.76 Å². The fourth-order valence-corrected chi connectivity index (χ4v) is 1.57. The molecular weight excluding hydrogens is 221 g/mol. The molecule has 0 unspecified atom stereocenters. The van der Waals surface area contributed by atoms with Crippen LogP contribution in [0.4, 0.5) is 10.1 Å². The molecule has 90 valence electrons. The minimum Gasteiger partial charge on any atom is -0.380 e. The lowest BCUT2D eigenvalue weighted by Gasteiger charge is -2.03. The Kier molecular flexibility index (Phi) is 3.72. The van der Waals surface area contributed by atoms with Crippen LogP contribution in [0, 0.1) is 5.82 Å². The Morgan fingerprint density at radius 3 is 3.06 bits per heavy atom. The lowest BCUT2D eigenvalue weighted by Crippen LogP contribution is -2.13. The lowest BCUT2D eigenvalue weighted by atomic mass is 10.1. The minimum atomic E-state index is -0.251. The van der Waals surface area contributed by atoms with E-state index < -0.39 is 0 Å². The van der Waals surface area contributed by atoms with Crippen LogP contribution in [0.1, 0.15) is 11.3 Å². The fraction of sp³-hybridized carbons (Fsp3) is 0.250. The summed E-state index contributed by atoms with van der Waals surface area (Å²) in [5.74, 6) is 0.433. The Labute approximate surface area is 98.6 Å². The van der Waals surface area contributed by atoms with E-state index in [0.717, 1.165) is 11.3 Å². The highest BCUT2D eigenvalue weighted by molar-refractivity contribution is 5.46. The molecule has 0 saturated carbocycles. The van der Waals surface area contributed by atoms with Gasteiger partial charge >= 0.3 is 0 Å². The van der Waals surface area contributed by atoms with Crippen molar-refractivity contribution in [1.82, 2.24) is 5.16 Å². The Hall–Kier alpha value is -1.88. The lowest BCUT2D eigenvalue weighted by molar-refractivity contribution is 0.390. The van der Waals surface area contributed by atoms with Crippen LogP contribution in [0.25, 0.3) is 0 Å². The summed E-state index contributed by atoms with van der Waals surface area (Å²) in [5.41, 5.74) is 7.05. The first kappa shape index (κ1) is 11.6. The second-order valence-corrected chi connectivity index (χ2v) is 3.68. The van der Waals surface area contributed by atoms with Gasteiger partial charge < -0.3 is 15.6 Å². The number of benzene rings is 1. The molecule has 2 rings (SSSR count). The number of hydrogen-bond donors (Lipinski definition) is 2. The van der Waals surface area contributed by atoms with Gasteiger partial charge in [-0.2, -0.15) is 0 Å². The van der Waals surface area contributed by atoms with Gasteiger partial charge in [-0.25, -0.2) is 4.39 Å². The number of nitrogens with two attached hydrogens (primary N) is 1. The largest absolute Gasteiger partial charge is 0.380 e. The van der Waals surface area contributed by atoms with E-state index in [-0.39, 0.29) is 5.82 Å². The number of aromatic nitrogens is 1. The van der Waals surface area contributed by atoms with Gasteiger partial charge in [-0.3, -0.25) is 0 Å². The van der Waals surface area contributed by atoms with Gasteiger partial charge in [0.2, 0.25) is 0 Å². The van der Waals surface area contributed by atoms with Crippen LogP contribution in [0.5, 0.6) is 0 Å². The van der Waals surface area contributed by atoms with Crippen LogP contribution < -0.4 is 11.1 Å². The van der Waals surface area contributed by atoms with Gasteiger partial charge in [0, 0.05) is 19.5 Å². The quantitative estimate of drug-likeness (QED) is 0.829. The van der Waals surface area contributed by atoms with Gasteiger partial charge in [0.1, 0.15) is 5.82 Å². The Morgan fingerprint density at radius 1 is 1.41 bits per heavy atom. The molecule has 1 aromatic carbocycles. The van der Waals surface area contributed by atoms with Crippen molar-refractivity contribution in [2.45, 2.75) is 6.42 Å². The molecule has 2 aromatic rings. The molecule has 4 nitrogen and oxygen atoms in total. The molecule has 0 aliphatic rings. The molecule has 17 heavy (non-hydrogen) atoms. The smallest absolute Gasteiger partial charge is 0.164 e. The monoisotopic (exact) mass is 235 g/mol. The summed E-state index contributed by atoms with van der Waals surface area (Å²) in [6.45, 7) is 1.18. The highest BCUT2D eigenvalue weighted by Gasteiger charge is 2.08. The Balaban J connectivity index is 2.10. The predicted octanol–water partition coefficient (Wildman–Crippen LogP) is 1.78. The molecule has 0 aliphatic carbocycles. The van der Waals surface area contributed by atoms with Crippen molar-refractivity contribution in [2.24, 2.45) is 5.73 Å². The topological polar surface area (TPSA) is 64.1 Å². The summed E-state index contributed by atoms with van der Waals surface area (Å²) < 4.78 is 18.2.